The number of aryl methyl sites for hydroxylation is 1. The Morgan fingerprint density at radius 2 is 2.03 bits per heavy atom. The van der Waals surface area contributed by atoms with Crippen molar-refractivity contribution in [3.05, 3.63) is 81.4 Å². The number of benzene rings is 1. The lowest BCUT2D eigenvalue weighted by atomic mass is 10.1. The fourth-order valence-corrected chi connectivity index (χ4v) is 4.45. The van der Waals surface area contributed by atoms with Crippen LogP contribution in [0.2, 0.25) is 0 Å². The van der Waals surface area contributed by atoms with E-state index in [1.165, 1.54) is 6.07 Å². The molecule has 3 aromatic heterocycles. The summed E-state index contributed by atoms with van der Waals surface area (Å²) in [4.78, 5) is 37.4. The third-order valence-corrected chi connectivity index (χ3v) is 6.51. The van der Waals surface area contributed by atoms with Crippen molar-refractivity contribution in [2.24, 2.45) is 0 Å². The maximum atomic E-state index is 11.2. The minimum Gasteiger partial charge on any atom is -0.474 e. The minimum atomic E-state index is -0.367. The predicted molar refractivity (Wildman–Crippen MR) is 146 cm³/mol. The van der Waals surface area contributed by atoms with Gasteiger partial charge in [0, 0.05) is 51.2 Å². The first-order valence-electron chi connectivity index (χ1n) is 12.6. The van der Waals surface area contributed by atoms with Gasteiger partial charge >= 0.3 is 0 Å². The molecule has 5 rings (SSSR count). The molecule has 1 saturated heterocycles. The van der Waals surface area contributed by atoms with Crippen molar-refractivity contribution >= 4 is 22.8 Å². The largest absolute Gasteiger partial charge is 0.474 e. The maximum Gasteiger partial charge on any atom is 0.269 e. The van der Waals surface area contributed by atoms with Gasteiger partial charge in [-0.25, -0.2) is 24.9 Å². The normalized spacial score (nSPS) is 15.1. The topological polar surface area (TPSA) is 123 Å². The van der Waals surface area contributed by atoms with Crippen molar-refractivity contribution < 1.29 is 9.66 Å². The fraction of sp³-hybridized carbons (Fsp3) is 0.321. The highest BCUT2D eigenvalue weighted by atomic mass is 16.6. The maximum absolute atomic E-state index is 11.2. The van der Waals surface area contributed by atoms with Crippen molar-refractivity contribution in [1.29, 1.82) is 0 Å². The average molecular weight is 525 g/mol. The van der Waals surface area contributed by atoms with Crippen LogP contribution in [-0.2, 0) is 6.54 Å². The average Bonchev–Trinajstić information content (AvgIpc) is 3.37. The van der Waals surface area contributed by atoms with Gasteiger partial charge in [0.2, 0.25) is 11.8 Å². The van der Waals surface area contributed by atoms with Crippen LogP contribution in [0.4, 0.5) is 11.6 Å². The number of likely N-dealkylation sites (tertiary alicyclic amines) is 1. The highest BCUT2D eigenvalue weighted by molar-refractivity contribution is 5.71. The molecular weight excluding hydrogens is 496 g/mol. The molecule has 1 aliphatic rings. The van der Waals surface area contributed by atoms with Gasteiger partial charge in [-0.15, -0.1) is 0 Å². The Kier molecular flexibility index (Phi) is 7.56. The molecule has 1 fully saturated rings. The van der Waals surface area contributed by atoms with E-state index >= 15 is 0 Å². The van der Waals surface area contributed by atoms with Crippen LogP contribution in [-0.4, -0.2) is 68.0 Å². The van der Waals surface area contributed by atoms with Crippen LogP contribution < -0.4 is 9.64 Å². The smallest absolute Gasteiger partial charge is 0.269 e. The van der Waals surface area contributed by atoms with Crippen molar-refractivity contribution in [3.63, 3.8) is 0 Å². The Balaban J connectivity index is 1.37. The molecule has 0 saturated carbocycles. The van der Waals surface area contributed by atoms with E-state index in [0.29, 0.717) is 47.4 Å². The molecule has 1 atom stereocenters. The number of non-ortho nitro benzene ring substituents is 1. The number of pyridine rings is 1. The summed E-state index contributed by atoms with van der Waals surface area (Å²) in [6, 6.07) is 10.5. The van der Waals surface area contributed by atoms with Crippen LogP contribution >= 0.6 is 0 Å². The molecule has 0 aliphatic carbocycles. The summed E-state index contributed by atoms with van der Waals surface area (Å²) in [7, 11) is 3.77. The molecule has 0 N–H and O–H groups in total. The van der Waals surface area contributed by atoms with E-state index < -0.39 is 0 Å². The zero-order valence-electron chi connectivity index (χ0n) is 22.0. The minimum absolute atomic E-state index is 0.0970. The van der Waals surface area contributed by atoms with Gasteiger partial charge in [-0.2, -0.15) is 0 Å². The lowest BCUT2D eigenvalue weighted by molar-refractivity contribution is -0.384. The highest BCUT2D eigenvalue weighted by Gasteiger charge is 2.26. The Bertz CT molecular complexity index is 1580. The lowest BCUT2D eigenvalue weighted by Gasteiger charge is -2.24. The quantitative estimate of drug-likeness (QED) is 0.201. The monoisotopic (exact) mass is 524 g/mol. The molecule has 198 valence electrons. The van der Waals surface area contributed by atoms with E-state index in [1.54, 1.807) is 30.6 Å². The second-order valence-corrected chi connectivity index (χ2v) is 9.54. The van der Waals surface area contributed by atoms with Crippen LogP contribution in [0.1, 0.15) is 35.4 Å². The van der Waals surface area contributed by atoms with Crippen LogP contribution in [0, 0.1) is 28.9 Å². The van der Waals surface area contributed by atoms with Crippen LogP contribution in [0.3, 0.4) is 0 Å². The van der Waals surface area contributed by atoms with E-state index in [-0.39, 0.29) is 16.7 Å². The number of nitro benzene ring substituents is 1. The summed E-state index contributed by atoms with van der Waals surface area (Å²) in [5, 5.41) is 11.2. The van der Waals surface area contributed by atoms with Gasteiger partial charge in [-0.3, -0.25) is 15.0 Å². The standard InChI is InChI=1S/C28H28N8O3/c1-19-21(16-30-28(31-19)34(2)3)11-12-25-27(33-24-10-5-13-29-26(24)32-25)39-18-23-9-6-14-35(23)17-20-7-4-8-22(15-20)36(37)38/h4-5,7-8,10,13,15-16,23H,6,9,14,17-18H2,1-3H3/t23-/m0/s1. The van der Waals surface area contributed by atoms with Gasteiger partial charge in [-0.1, -0.05) is 18.1 Å². The van der Waals surface area contributed by atoms with Gasteiger partial charge in [-0.05, 0) is 49.9 Å². The first-order valence-corrected chi connectivity index (χ1v) is 12.6. The molecule has 0 radical (unpaired) electrons. The lowest BCUT2D eigenvalue weighted by Crippen LogP contribution is -2.34. The Hall–Kier alpha value is -4.69. The summed E-state index contributed by atoms with van der Waals surface area (Å²) in [5.41, 5.74) is 3.94. The van der Waals surface area contributed by atoms with Gasteiger partial charge < -0.3 is 9.64 Å². The van der Waals surface area contributed by atoms with E-state index in [9.17, 15) is 10.1 Å². The molecule has 1 aliphatic heterocycles. The van der Waals surface area contributed by atoms with Crippen molar-refractivity contribution in [1.82, 2.24) is 29.8 Å². The van der Waals surface area contributed by atoms with Gasteiger partial charge in [0.15, 0.2) is 11.3 Å². The molecule has 11 heteroatoms. The Labute approximate surface area is 226 Å². The summed E-state index contributed by atoms with van der Waals surface area (Å²) >= 11 is 0. The number of hydrogen-bond acceptors (Lipinski definition) is 10. The number of hydrogen-bond donors (Lipinski definition) is 0. The van der Waals surface area contributed by atoms with Crippen molar-refractivity contribution in [2.75, 3.05) is 32.1 Å². The van der Waals surface area contributed by atoms with Crippen LogP contribution in [0.5, 0.6) is 5.88 Å². The second kappa shape index (κ2) is 11.4. The molecule has 0 amide bonds. The summed E-state index contributed by atoms with van der Waals surface area (Å²) in [5.74, 6) is 7.17. The number of rotatable bonds is 7. The second-order valence-electron chi connectivity index (χ2n) is 9.54. The molecule has 0 spiro atoms. The molecule has 11 nitrogen and oxygen atoms in total. The number of fused-ring (bicyclic) bond motifs is 1. The molecule has 39 heavy (non-hydrogen) atoms. The van der Waals surface area contributed by atoms with E-state index in [2.05, 4.69) is 41.7 Å². The molecule has 4 heterocycles. The van der Waals surface area contributed by atoms with Crippen LogP contribution in [0.25, 0.3) is 11.2 Å². The fourth-order valence-electron chi connectivity index (χ4n) is 4.45. The van der Waals surface area contributed by atoms with E-state index in [4.69, 9.17) is 4.74 Å². The zero-order valence-corrected chi connectivity index (χ0v) is 22.0. The number of ether oxygens (including phenoxy) is 1. The first-order chi connectivity index (χ1) is 18.9. The van der Waals surface area contributed by atoms with Gasteiger partial charge in [0.1, 0.15) is 12.1 Å². The number of anilines is 1. The van der Waals surface area contributed by atoms with Gasteiger partial charge in [0.05, 0.1) is 16.2 Å². The van der Waals surface area contributed by atoms with Crippen molar-refractivity contribution in [2.45, 2.75) is 32.4 Å². The molecule has 1 aromatic carbocycles. The summed E-state index contributed by atoms with van der Waals surface area (Å²) < 4.78 is 6.24. The third-order valence-electron chi connectivity index (χ3n) is 6.51. The van der Waals surface area contributed by atoms with Gasteiger partial charge in [0.25, 0.3) is 5.69 Å². The highest BCUT2D eigenvalue weighted by Crippen LogP contribution is 2.24. The van der Waals surface area contributed by atoms with E-state index in [0.717, 1.165) is 30.6 Å². The Morgan fingerprint density at radius 1 is 1.15 bits per heavy atom. The number of nitrogens with zero attached hydrogens (tertiary/aromatic N) is 8. The SMILES string of the molecule is Cc1nc(N(C)C)ncc1C#Cc1nc2ncccc2nc1OC[C@@H]1CCCN1Cc1cccc([N+](=O)[O-])c1. The number of aromatic nitrogens is 5. The molecule has 0 bridgehead atoms. The van der Waals surface area contributed by atoms with Crippen LogP contribution in [0.15, 0.2) is 48.8 Å². The molecular formula is C28H28N8O3. The zero-order chi connectivity index (χ0) is 27.4. The Morgan fingerprint density at radius 3 is 2.82 bits per heavy atom. The third kappa shape index (κ3) is 6.08. The van der Waals surface area contributed by atoms with Crippen molar-refractivity contribution in [3.8, 4) is 17.7 Å². The molecule has 0 unspecified atom stereocenters. The molecule has 4 aromatic rings. The predicted octanol–water partition coefficient (Wildman–Crippen LogP) is 3.54. The first kappa shape index (κ1) is 25.9. The van der Waals surface area contributed by atoms with E-state index in [1.807, 2.05) is 38.1 Å². The number of nitro groups is 1. The summed E-state index contributed by atoms with van der Waals surface area (Å²) in [6.45, 7) is 3.78. The summed E-state index contributed by atoms with van der Waals surface area (Å²) in [6.07, 6.45) is 5.33.